The molecule has 190 valence electrons. The van der Waals surface area contributed by atoms with Crippen LogP contribution in [0.15, 0.2) is 18.2 Å². The molecule has 0 aromatic heterocycles. The van der Waals surface area contributed by atoms with Crippen LogP contribution in [0.5, 0.6) is 11.5 Å². The average molecular weight is 480 g/mol. The number of ether oxygens (including phenoxy) is 4. The Kier molecular flexibility index (Phi) is 12.9. The van der Waals surface area contributed by atoms with Gasteiger partial charge in [-0.25, -0.2) is 0 Å². The quantitative estimate of drug-likeness (QED) is 0.314. The largest absolute Gasteiger partial charge is 0.462 e. The second-order valence-electron chi connectivity index (χ2n) is 8.57. The Hall–Kier alpha value is -2.94. The molecule has 1 aromatic rings. The van der Waals surface area contributed by atoms with E-state index in [1.807, 2.05) is 27.7 Å². The van der Waals surface area contributed by atoms with Gasteiger partial charge < -0.3 is 24.7 Å². The Labute approximate surface area is 201 Å². The third kappa shape index (κ3) is 11.3. The van der Waals surface area contributed by atoms with Crippen LogP contribution in [0.2, 0.25) is 0 Å². The van der Waals surface area contributed by atoms with Crippen molar-refractivity contribution in [2.75, 3.05) is 6.61 Å². The van der Waals surface area contributed by atoms with E-state index in [9.17, 15) is 19.2 Å². The van der Waals surface area contributed by atoms with Crippen molar-refractivity contribution in [1.29, 1.82) is 0 Å². The summed E-state index contributed by atoms with van der Waals surface area (Å²) in [6.45, 7) is 9.06. The van der Waals surface area contributed by atoms with Gasteiger partial charge in [0.2, 0.25) is 0 Å². The number of benzene rings is 1. The summed E-state index contributed by atoms with van der Waals surface area (Å²) in [4.78, 5) is 47.9. The van der Waals surface area contributed by atoms with Crippen molar-refractivity contribution in [3.05, 3.63) is 23.8 Å². The molecular weight excluding hydrogens is 442 g/mol. The van der Waals surface area contributed by atoms with Crippen LogP contribution >= 0.6 is 0 Å². The van der Waals surface area contributed by atoms with Crippen LogP contribution in [-0.2, 0) is 35.1 Å². The molecule has 0 saturated heterocycles. The number of esters is 4. The Morgan fingerprint density at radius 3 is 2.03 bits per heavy atom. The SMILES string of the molecule is CCCC(=O)Oc1ccc(C[C@H](N)C(=O)O[C@@H](C)COC(=O)CC(C)C)cc1OC(=O)CCC. The number of carbonyl (C=O) groups excluding carboxylic acids is 4. The van der Waals surface area contributed by atoms with Gasteiger partial charge in [-0.1, -0.05) is 33.8 Å². The smallest absolute Gasteiger partial charge is 0.323 e. The van der Waals surface area contributed by atoms with E-state index in [1.54, 1.807) is 13.0 Å². The Balaban J connectivity index is 2.79. The number of rotatable bonds is 14. The van der Waals surface area contributed by atoms with Gasteiger partial charge >= 0.3 is 23.9 Å². The molecule has 1 aromatic carbocycles. The molecule has 2 N–H and O–H groups in total. The number of nitrogens with two attached hydrogens (primary N) is 1. The van der Waals surface area contributed by atoms with Crippen molar-refractivity contribution in [2.24, 2.45) is 11.7 Å². The molecule has 0 fully saturated rings. The Morgan fingerprint density at radius 2 is 1.47 bits per heavy atom. The van der Waals surface area contributed by atoms with Gasteiger partial charge in [0.15, 0.2) is 11.5 Å². The van der Waals surface area contributed by atoms with Gasteiger partial charge in [-0.05, 0) is 49.8 Å². The van der Waals surface area contributed by atoms with Gasteiger partial charge in [-0.15, -0.1) is 0 Å². The number of hydrogen-bond donors (Lipinski definition) is 1. The van der Waals surface area contributed by atoms with E-state index >= 15 is 0 Å². The highest BCUT2D eigenvalue weighted by atomic mass is 16.6. The maximum atomic E-state index is 12.4. The lowest BCUT2D eigenvalue weighted by Crippen LogP contribution is -2.37. The first-order valence-corrected chi connectivity index (χ1v) is 11.7. The summed E-state index contributed by atoms with van der Waals surface area (Å²) in [5, 5.41) is 0. The lowest BCUT2D eigenvalue weighted by atomic mass is 10.1. The van der Waals surface area contributed by atoms with E-state index in [4.69, 9.17) is 24.7 Å². The molecule has 0 amide bonds. The van der Waals surface area contributed by atoms with Gasteiger partial charge in [0.25, 0.3) is 0 Å². The first-order chi connectivity index (χ1) is 16.0. The third-order valence-electron chi connectivity index (χ3n) is 4.49. The van der Waals surface area contributed by atoms with Crippen molar-refractivity contribution < 1.29 is 38.1 Å². The van der Waals surface area contributed by atoms with E-state index < -0.39 is 30.1 Å². The van der Waals surface area contributed by atoms with Crippen molar-refractivity contribution in [3.63, 3.8) is 0 Å². The zero-order chi connectivity index (χ0) is 25.7. The summed E-state index contributed by atoms with van der Waals surface area (Å²) in [5.74, 6) is -1.52. The molecular formula is C25H37NO8. The summed E-state index contributed by atoms with van der Waals surface area (Å²) < 4.78 is 21.1. The lowest BCUT2D eigenvalue weighted by molar-refractivity contribution is -0.159. The van der Waals surface area contributed by atoms with Crippen LogP contribution in [-0.4, -0.2) is 42.6 Å². The topological polar surface area (TPSA) is 131 Å². The highest BCUT2D eigenvalue weighted by Crippen LogP contribution is 2.30. The Morgan fingerprint density at radius 1 is 0.882 bits per heavy atom. The predicted octanol–water partition coefficient (Wildman–Crippen LogP) is 3.49. The molecule has 0 aliphatic carbocycles. The molecule has 9 heteroatoms. The minimum Gasteiger partial charge on any atom is -0.462 e. The van der Waals surface area contributed by atoms with E-state index in [1.165, 1.54) is 12.1 Å². The normalized spacial score (nSPS) is 12.6. The predicted molar refractivity (Wildman–Crippen MR) is 125 cm³/mol. The monoisotopic (exact) mass is 479 g/mol. The first-order valence-electron chi connectivity index (χ1n) is 11.7. The fourth-order valence-corrected chi connectivity index (χ4v) is 2.86. The fourth-order valence-electron chi connectivity index (χ4n) is 2.86. The molecule has 0 aliphatic heterocycles. The minimum atomic E-state index is -0.999. The summed E-state index contributed by atoms with van der Waals surface area (Å²) in [6.07, 6.45) is 1.39. The van der Waals surface area contributed by atoms with E-state index in [-0.39, 0.29) is 55.7 Å². The van der Waals surface area contributed by atoms with E-state index in [2.05, 4.69) is 0 Å². The number of carbonyl (C=O) groups is 4. The molecule has 1 rings (SSSR count). The standard InChI is InChI=1S/C25H37NO8/c1-6-8-22(27)33-20-11-10-18(14-21(20)34-23(28)9-7-2)13-19(26)25(30)32-17(5)15-31-24(29)12-16(3)4/h10-11,14,16-17,19H,6-9,12-13,15,26H2,1-5H3/t17-,19-/m0/s1. The highest BCUT2D eigenvalue weighted by molar-refractivity contribution is 5.77. The molecule has 0 aliphatic rings. The summed E-state index contributed by atoms with van der Waals surface area (Å²) in [5.41, 5.74) is 6.59. The van der Waals surface area contributed by atoms with Crippen molar-refractivity contribution in [1.82, 2.24) is 0 Å². The first kappa shape index (κ1) is 29.1. The van der Waals surface area contributed by atoms with Crippen molar-refractivity contribution >= 4 is 23.9 Å². The van der Waals surface area contributed by atoms with Gasteiger partial charge in [0.1, 0.15) is 18.8 Å². The maximum Gasteiger partial charge on any atom is 0.323 e. The van der Waals surface area contributed by atoms with Gasteiger partial charge in [-0.3, -0.25) is 19.2 Å². The second-order valence-corrected chi connectivity index (χ2v) is 8.57. The summed E-state index contributed by atoms with van der Waals surface area (Å²) in [7, 11) is 0. The zero-order valence-electron chi connectivity index (χ0n) is 20.8. The van der Waals surface area contributed by atoms with Gasteiger partial charge in [0.05, 0.1) is 0 Å². The Bertz CT molecular complexity index is 836. The van der Waals surface area contributed by atoms with Crippen LogP contribution in [0.25, 0.3) is 0 Å². The minimum absolute atomic E-state index is 0.0562. The van der Waals surface area contributed by atoms with Gasteiger partial charge in [-0.2, -0.15) is 0 Å². The molecule has 0 bridgehead atoms. The summed E-state index contributed by atoms with van der Waals surface area (Å²) >= 11 is 0. The van der Waals surface area contributed by atoms with E-state index in [0.29, 0.717) is 18.4 Å². The van der Waals surface area contributed by atoms with E-state index in [0.717, 1.165) is 0 Å². The molecule has 0 saturated carbocycles. The lowest BCUT2D eigenvalue weighted by Gasteiger charge is -2.18. The molecule has 0 radical (unpaired) electrons. The molecule has 34 heavy (non-hydrogen) atoms. The second kappa shape index (κ2) is 15.1. The third-order valence-corrected chi connectivity index (χ3v) is 4.49. The molecule has 9 nitrogen and oxygen atoms in total. The molecule has 0 spiro atoms. The fraction of sp³-hybridized carbons (Fsp3) is 0.600. The molecule has 0 unspecified atom stereocenters. The van der Waals surface area contributed by atoms with Crippen LogP contribution in [0, 0.1) is 5.92 Å². The zero-order valence-corrected chi connectivity index (χ0v) is 20.8. The highest BCUT2D eigenvalue weighted by Gasteiger charge is 2.21. The number of hydrogen-bond acceptors (Lipinski definition) is 9. The van der Waals surface area contributed by atoms with Gasteiger partial charge in [0, 0.05) is 19.3 Å². The summed E-state index contributed by atoms with van der Waals surface area (Å²) in [6, 6.07) is 3.66. The van der Waals surface area contributed by atoms with Crippen LogP contribution < -0.4 is 15.2 Å². The van der Waals surface area contributed by atoms with Crippen LogP contribution in [0.4, 0.5) is 0 Å². The van der Waals surface area contributed by atoms with Crippen LogP contribution in [0.3, 0.4) is 0 Å². The van der Waals surface area contributed by atoms with Crippen LogP contribution in [0.1, 0.15) is 72.3 Å². The average Bonchev–Trinajstić information content (AvgIpc) is 2.74. The maximum absolute atomic E-state index is 12.4. The van der Waals surface area contributed by atoms with Crippen molar-refractivity contribution in [3.8, 4) is 11.5 Å². The molecule has 0 heterocycles. The molecule has 2 atom stereocenters. The van der Waals surface area contributed by atoms with Crippen molar-refractivity contribution in [2.45, 2.75) is 85.3 Å².